The van der Waals surface area contributed by atoms with E-state index in [1.54, 1.807) is 29.2 Å². The summed E-state index contributed by atoms with van der Waals surface area (Å²) in [6, 6.07) is 16.0. The third kappa shape index (κ3) is 6.56. The molecule has 0 radical (unpaired) electrons. The highest BCUT2D eigenvalue weighted by atomic mass is 16.2. The van der Waals surface area contributed by atoms with E-state index in [2.05, 4.69) is 16.0 Å². The third-order valence-corrected chi connectivity index (χ3v) is 8.42. The van der Waals surface area contributed by atoms with Crippen LogP contribution in [-0.4, -0.2) is 84.3 Å². The first-order valence-electron chi connectivity index (χ1n) is 14.6. The standard InChI is InChI=1S/C31H38N6O5/c1-2-33-31(42)34-22-9-6-14-36(16-22)29(40)20-10-12-21(13-11-20)30(41)37-17-24(27(32)38)25(18-37)28(39)35-26-15-23(26)19-7-4-3-5-8-19/h3-5,7-8,10-13,22-26H,2,6,9,14-18H2,1H3,(H2,32,38)(H,35,39)(H2,33,34,42)/t22-,23-,24-,25-,26+/m1/s1. The summed E-state index contributed by atoms with van der Waals surface area (Å²) in [5.74, 6) is -2.61. The van der Waals surface area contributed by atoms with Crippen LogP contribution in [0.1, 0.15) is 58.4 Å². The SMILES string of the molecule is CCNC(=O)N[C@@H]1CCCN(C(=O)c2ccc(C(=O)N3C[C@@H](C(N)=O)[C@H](C(=O)N[C@H]4C[C@@H]4c4ccccc4)C3)cc2)C1. The number of urea groups is 1. The minimum atomic E-state index is -0.774. The number of hydrogen-bond donors (Lipinski definition) is 4. The van der Waals surface area contributed by atoms with E-state index < -0.39 is 17.7 Å². The van der Waals surface area contributed by atoms with Crippen LogP contribution < -0.4 is 21.7 Å². The zero-order valence-electron chi connectivity index (χ0n) is 23.8. The number of carbonyl (C=O) groups excluding carboxylic acids is 5. The number of rotatable bonds is 8. The molecule has 5 N–H and O–H groups in total. The van der Waals surface area contributed by atoms with E-state index in [0.29, 0.717) is 30.8 Å². The molecule has 11 nitrogen and oxygen atoms in total. The minimum absolute atomic E-state index is 0.00252. The van der Waals surface area contributed by atoms with Gasteiger partial charge >= 0.3 is 6.03 Å². The molecule has 1 saturated carbocycles. The molecule has 2 saturated heterocycles. The lowest BCUT2D eigenvalue weighted by Crippen LogP contribution is -2.51. The number of amides is 6. The highest BCUT2D eigenvalue weighted by Crippen LogP contribution is 2.41. The second kappa shape index (κ2) is 12.6. The van der Waals surface area contributed by atoms with Gasteiger partial charge in [0.2, 0.25) is 11.8 Å². The Bertz CT molecular complexity index is 1330. The summed E-state index contributed by atoms with van der Waals surface area (Å²) in [6.45, 7) is 3.52. The molecule has 42 heavy (non-hydrogen) atoms. The van der Waals surface area contributed by atoms with Crippen LogP contribution >= 0.6 is 0 Å². The van der Waals surface area contributed by atoms with Crippen molar-refractivity contribution >= 4 is 29.7 Å². The van der Waals surface area contributed by atoms with Gasteiger partial charge in [0, 0.05) is 61.9 Å². The Morgan fingerprint density at radius 2 is 1.48 bits per heavy atom. The summed E-state index contributed by atoms with van der Waals surface area (Å²) < 4.78 is 0. The molecule has 0 unspecified atom stereocenters. The average molecular weight is 575 g/mol. The Kier molecular flexibility index (Phi) is 8.75. The quantitative estimate of drug-likeness (QED) is 0.376. The maximum absolute atomic E-state index is 13.3. The lowest BCUT2D eigenvalue weighted by atomic mass is 9.94. The predicted octanol–water partition coefficient (Wildman–Crippen LogP) is 1.46. The highest BCUT2D eigenvalue weighted by Gasteiger charge is 2.46. The van der Waals surface area contributed by atoms with E-state index in [4.69, 9.17) is 5.73 Å². The van der Waals surface area contributed by atoms with Crippen molar-refractivity contribution < 1.29 is 24.0 Å². The second-order valence-electron chi connectivity index (χ2n) is 11.4. The maximum atomic E-state index is 13.3. The van der Waals surface area contributed by atoms with Crippen LogP contribution in [0, 0.1) is 11.8 Å². The summed E-state index contributed by atoms with van der Waals surface area (Å²) in [5.41, 5.74) is 7.60. The van der Waals surface area contributed by atoms with Crippen LogP contribution in [0.5, 0.6) is 0 Å². The maximum Gasteiger partial charge on any atom is 0.315 e. The van der Waals surface area contributed by atoms with Gasteiger partial charge in [0.25, 0.3) is 11.8 Å². The van der Waals surface area contributed by atoms with Crippen molar-refractivity contribution in [2.45, 2.75) is 44.2 Å². The molecular formula is C31H38N6O5. The second-order valence-corrected chi connectivity index (χ2v) is 11.4. The Balaban J connectivity index is 1.18. The van der Waals surface area contributed by atoms with Crippen LogP contribution in [-0.2, 0) is 9.59 Å². The molecule has 0 spiro atoms. The first-order chi connectivity index (χ1) is 20.2. The molecule has 0 aromatic heterocycles. The average Bonchev–Trinajstić information content (AvgIpc) is 3.61. The topological polar surface area (TPSA) is 154 Å². The van der Waals surface area contributed by atoms with Crippen molar-refractivity contribution in [1.82, 2.24) is 25.8 Å². The van der Waals surface area contributed by atoms with Crippen LogP contribution in [0.3, 0.4) is 0 Å². The van der Waals surface area contributed by atoms with Crippen LogP contribution in [0.2, 0.25) is 0 Å². The molecule has 2 aromatic rings. The van der Waals surface area contributed by atoms with Crippen molar-refractivity contribution in [3.63, 3.8) is 0 Å². The summed E-state index contributed by atoms with van der Waals surface area (Å²) in [6.07, 6.45) is 2.40. The minimum Gasteiger partial charge on any atom is -0.369 e. The normalized spacial score (nSPS) is 24.9. The van der Waals surface area contributed by atoms with Gasteiger partial charge in [-0.1, -0.05) is 30.3 Å². The van der Waals surface area contributed by atoms with E-state index >= 15 is 0 Å². The van der Waals surface area contributed by atoms with Gasteiger partial charge in [0.1, 0.15) is 0 Å². The number of piperidine rings is 1. The lowest BCUT2D eigenvalue weighted by molar-refractivity contribution is -0.131. The molecule has 2 aliphatic heterocycles. The predicted molar refractivity (Wildman–Crippen MR) is 155 cm³/mol. The molecule has 2 heterocycles. The number of likely N-dealkylation sites (tertiary alicyclic amines) is 2. The number of carbonyl (C=O) groups is 5. The van der Waals surface area contributed by atoms with Gasteiger partial charge in [-0.3, -0.25) is 19.2 Å². The van der Waals surface area contributed by atoms with Crippen molar-refractivity contribution in [3.05, 3.63) is 71.3 Å². The van der Waals surface area contributed by atoms with Crippen molar-refractivity contribution in [1.29, 1.82) is 0 Å². The highest BCUT2D eigenvalue weighted by molar-refractivity contribution is 5.99. The molecule has 222 valence electrons. The molecule has 11 heteroatoms. The fraction of sp³-hybridized carbons (Fsp3) is 0.452. The van der Waals surface area contributed by atoms with E-state index in [9.17, 15) is 24.0 Å². The number of primary amides is 1. The van der Waals surface area contributed by atoms with E-state index in [1.165, 1.54) is 4.90 Å². The Labute approximate surface area is 245 Å². The summed E-state index contributed by atoms with van der Waals surface area (Å²) >= 11 is 0. The first-order valence-corrected chi connectivity index (χ1v) is 14.6. The van der Waals surface area contributed by atoms with Crippen molar-refractivity contribution in [2.75, 3.05) is 32.7 Å². The fourth-order valence-corrected chi connectivity index (χ4v) is 6.03. The third-order valence-electron chi connectivity index (χ3n) is 8.42. The molecule has 0 bridgehead atoms. The molecule has 6 amide bonds. The Morgan fingerprint density at radius 3 is 2.12 bits per heavy atom. The Hall–Kier alpha value is -4.41. The molecule has 3 fully saturated rings. The van der Waals surface area contributed by atoms with Gasteiger partial charge in [-0.25, -0.2) is 4.79 Å². The smallest absolute Gasteiger partial charge is 0.315 e. The van der Waals surface area contributed by atoms with Crippen LogP contribution in [0.25, 0.3) is 0 Å². The Morgan fingerprint density at radius 1 is 0.833 bits per heavy atom. The van der Waals surface area contributed by atoms with E-state index in [1.807, 2.05) is 37.3 Å². The van der Waals surface area contributed by atoms with Crippen molar-refractivity contribution in [3.8, 4) is 0 Å². The van der Waals surface area contributed by atoms with Crippen molar-refractivity contribution in [2.24, 2.45) is 17.6 Å². The van der Waals surface area contributed by atoms with Gasteiger partial charge in [-0.2, -0.15) is 0 Å². The van der Waals surface area contributed by atoms with Gasteiger partial charge in [-0.15, -0.1) is 0 Å². The fourth-order valence-electron chi connectivity index (χ4n) is 6.03. The van der Waals surface area contributed by atoms with E-state index in [0.717, 1.165) is 24.8 Å². The lowest BCUT2D eigenvalue weighted by Gasteiger charge is -2.33. The summed E-state index contributed by atoms with van der Waals surface area (Å²) in [7, 11) is 0. The van der Waals surface area contributed by atoms with Gasteiger partial charge in [0.05, 0.1) is 11.8 Å². The summed E-state index contributed by atoms with van der Waals surface area (Å²) in [5, 5.41) is 8.66. The monoisotopic (exact) mass is 574 g/mol. The molecule has 2 aromatic carbocycles. The zero-order valence-corrected chi connectivity index (χ0v) is 23.8. The molecule has 5 rings (SSSR count). The number of nitrogens with one attached hydrogen (secondary N) is 3. The molecule has 3 aliphatic rings. The van der Waals surface area contributed by atoms with Gasteiger partial charge in [-0.05, 0) is 56.0 Å². The zero-order chi connectivity index (χ0) is 29.8. The molecule has 5 atom stereocenters. The molecular weight excluding hydrogens is 536 g/mol. The molecule has 1 aliphatic carbocycles. The van der Waals surface area contributed by atoms with Crippen LogP contribution in [0.4, 0.5) is 4.79 Å². The number of nitrogens with zero attached hydrogens (tertiary/aromatic N) is 2. The number of hydrogen-bond acceptors (Lipinski definition) is 5. The van der Waals surface area contributed by atoms with Gasteiger partial charge < -0.3 is 31.5 Å². The van der Waals surface area contributed by atoms with E-state index in [-0.39, 0.29) is 54.8 Å². The number of nitrogens with two attached hydrogens (primary N) is 1. The number of benzene rings is 2. The van der Waals surface area contributed by atoms with Gasteiger partial charge in [0.15, 0.2) is 0 Å². The summed E-state index contributed by atoms with van der Waals surface area (Å²) in [4.78, 5) is 66.9. The van der Waals surface area contributed by atoms with Crippen LogP contribution in [0.15, 0.2) is 54.6 Å². The largest absolute Gasteiger partial charge is 0.369 e. The first kappa shape index (κ1) is 29.1.